The summed E-state index contributed by atoms with van der Waals surface area (Å²) in [5.41, 5.74) is 2.23. The zero-order valence-corrected chi connectivity index (χ0v) is 16.4. The highest BCUT2D eigenvalue weighted by Gasteiger charge is 2.30. The summed E-state index contributed by atoms with van der Waals surface area (Å²) in [5, 5.41) is 13.6. The molecule has 29 heavy (non-hydrogen) atoms. The fourth-order valence-corrected chi connectivity index (χ4v) is 3.94. The molecule has 0 spiro atoms. The maximum absolute atomic E-state index is 14.1. The highest BCUT2D eigenvalue weighted by Crippen LogP contribution is 2.41. The number of hydrogen-bond donors (Lipinski definition) is 0. The van der Waals surface area contributed by atoms with E-state index < -0.39 is 0 Å². The quantitative estimate of drug-likeness (QED) is 0.436. The van der Waals surface area contributed by atoms with Gasteiger partial charge >= 0.3 is 0 Å². The highest BCUT2D eigenvalue weighted by molar-refractivity contribution is 7.98. The number of hydrogen-bond acceptors (Lipinski definition) is 7. The second kappa shape index (κ2) is 7.40. The molecule has 3 aromatic heterocycles. The number of aryl methyl sites for hydroxylation is 1. The molecule has 0 aliphatic heterocycles. The van der Waals surface area contributed by atoms with E-state index in [0.717, 1.165) is 34.9 Å². The Morgan fingerprint density at radius 1 is 1.17 bits per heavy atom. The monoisotopic (exact) mass is 408 g/mol. The standard InChI is InChI=1S/C20H17FN6OS/c1-12-2-5-16(21)15(10-12)19-23-17(26-28-19)11-29-20-25-24-18(27(20)14-3-4-14)13-6-8-22-9-7-13/h2,5-10,14H,3-4,11H2,1H3. The minimum absolute atomic E-state index is 0.183. The first-order valence-corrected chi connectivity index (χ1v) is 10.2. The summed E-state index contributed by atoms with van der Waals surface area (Å²) < 4.78 is 21.5. The van der Waals surface area contributed by atoms with Crippen LogP contribution in [-0.2, 0) is 5.75 Å². The summed E-state index contributed by atoms with van der Waals surface area (Å²) in [6, 6.07) is 9.08. The average molecular weight is 408 g/mol. The number of thioether (sulfide) groups is 1. The zero-order valence-electron chi connectivity index (χ0n) is 15.6. The van der Waals surface area contributed by atoms with Gasteiger partial charge in [-0.1, -0.05) is 28.5 Å². The Morgan fingerprint density at radius 3 is 2.79 bits per heavy atom. The lowest BCUT2D eigenvalue weighted by Gasteiger charge is -2.07. The molecule has 5 rings (SSSR count). The van der Waals surface area contributed by atoms with Crippen molar-refractivity contribution < 1.29 is 8.91 Å². The van der Waals surface area contributed by atoms with E-state index in [1.165, 1.54) is 17.8 Å². The van der Waals surface area contributed by atoms with Crippen molar-refractivity contribution in [1.82, 2.24) is 29.9 Å². The number of nitrogens with zero attached hydrogens (tertiary/aromatic N) is 6. The maximum Gasteiger partial charge on any atom is 0.260 e. The molecule has 9 heteroatoms. The lowest BCUT2D eigenvalue weighted by molar-refractivity contribution is 0.422. The van der Waals surface area contributed by atoms with Crippen molar-refractivity contribution in [3.63, 3.8) is 0 Å². The van der Waals surface area contributed by atoms with Crippen molar-refractivity contribution in [3.8, 4) is 22.8 Å². The first kappa shape index (κ1) is 18.0. The van der Waals surface area contributed by atoms with Gasteiger partial charge in [-0.15, -0.1) is 10.2 Å². The minimum Gasteiger partial charge on any atom is -0.334 e. The Bertz CT molecular complexity index is 1160. The fraction of sp³-hybridized carbons (Fsp3) is 0.250. The van der Waals surface area contributed by atoms with E-state index in [0.29, 0.717) is 23.2 Å². The van der Waals surface area contributed by atoms with Gasteiger partial charge in [-0.2, -0.15) is 4.98 Å². The van der Waals surface area contributed by atoms with Gasteiger partial charge in [0.1, 0.15) is 5.82 Å². The molecular weight excluding hydrogens is 391 g/mol. The largest absolute Gasteiger partial charge is 0.334 e. The van der Waals surface area contributed by atoms with Crippen LogP contribution in [-0.4, -0.2) is 29.9 Å². The third kappa shape index (κ3) is 3.65. The SMILES string of the molecule is Cc1ccc(F)c(-c2nc(CSc3nnc(-c4ccncc4)n3C3CC3)no2)c1. The van der Waals surface area contributed by atoms with Crippen molar-refractivity contribution in [2.24, 2.45) is 0 Å². The van der Waals surface area contributed by atoms with Gasteiger partial charge in [0.05, 0.1) is 11.3 Å². The number of aromatic nitrogens is 6. The van der Waals surface area contributed by atoms with Crippen LogP contribution in [0.2, 0.25) is 0 Å². The molecule has 0 saturated heterocycles. The fourth-order valence-electron chi connectivity index (χ4n) is 3.09. The van der Waals surface area contributed by atoms with Crippen LogP contribution in [0.15, 0.2) is 52.4 Å². The van der Waals surface area contributed by atoms with E-state index in [4.69, 9.17) is 4.52 Å². The zero-order chi connectivity index (χ0) is 19.8. The number of rotatable bonds is 6. The molecule has 146 valence electrons. The Morgan fingerprint density at radius 2 is 2.00 bits per heavy atom. The van der Waals surface area contributed by atoms with Crippen LogP contribution in [0.25, 0.3) is 22.8 Å². The second-order valence-corrected chi connectivity index (χ2v) is 7.87. The van der Waals surface area contributed by atoms with Gasteiger partial charge in [0.25, 0.3) is 5.89 Å². The minimum atomic E-state index is -0.381. The third-order valence-corrected chi connectivity index (χ3v) is 5.60. The molecular formula is C20H17FN6OS. The summed E-state index contributed by atoms with van der Waals surface area (Å²) in [7, 11) is 0. The Labute approximate surface area is 170 Å². The van der Waals surface area contributed by atoms with E-state index in [9.17, 15) is 4.39 Å². The number of halogens is 1. The summed E-state index contributed by atoms with van der Waals surface area (Å²) in [5.74, 6) is 1.59. The van der Waals surface area contributed by atoms with Crippen LogP contribution in [0.5, 0.6) is 0 Å². The molecule has 0 unspecified atom stereocenters. The lowest BCUT2D eigenvalue weighted by atomic mass is 10.1. The number of benzene rings is 1. The van der Waals surface area contributed by atoms with Crippen molar-refractivity contribution in [3.05, 3.63) is 59.9 Å². The van der Waals surface area contributed by atoms with E-state index >= 15 is 0 Å². The molecule has 0 atom stereocenters. The topological polar surface area (TPSA) is 82.5 Å². The van der Waals surface area contributed by atoms with Gasteiger partial charge in [0, 0.05) is 24.0 Å². The van der Waals surface area contributed by atoms with Crippen LogP contribution in [0.1, 0.15) is 30.3 Å². The predicted molar refractivity (Wildman–Crippen MR) is 106 cm³/mol. The molecule has 4 aromatic rings. The Kier molecular flexibility index (Phi) is 4.59. The van der Waals surface area contributed by atoms with Gasteiger partial charge < -0.3 is 4.52 Å². The van der Waals surface area contributed by atoms with Gasteiger partial charge in [0.15, 0.2) is 16.8 Å². The van der Waals surface area contributed by atoms with Crippen molar-refractivity contribution in [2.45, 2.75) is 36.7 Å². The van der Waals surface area contributed by atoms with Crippen molar-refractivity contribution in [1.29, 1.82) is 0 Å². The van der Waals surface area contributed by atoms with Gasteiger partial charge in [-0.3, -0.25) is 9.55 Å². The first-order chi connectivity index (χ1) is 14.2. The van der Waals surface area contributed by atoms with Crippen molar-refractivity contribution >= 4 is 11.8 Å². The average Bonchev–Trinajstić information content (AvgIpc) is 3.31. The molecule has 1 aliphatic rings. The first-order valence-electron chi connectivity index (χ1n) is 9.26. The van der Waals surface area contributed by atoms with Crippen LogP contribution in [0.3, 0.4) is 0 Å². The molecule has 1 saturated carbocycles. The van der Waals surface area contributed by atoms with Gasteiger partial charge in [0.2, 0.25) is 0 Å². The predicted octanol–water partition coefficient (Wildman–Crippen LogP) is 4.46. The summed E-state index contributed by atoms with van der Waals surface area (Å²) in [6.07, 6.45) is 5.73. The number of pyridine rings is 1. The molecule has 1 aromatic carbocycles. The highest BCUT2D eigenvalue weighted by atomic mass is 32.2. The molecule has 7 nitrogen and oxygen atoms in total. The molecule has 1 fully saturated rings. The van der Waals surface area contributed by atoms with E-state index in [1.54, 1.807) is 24.5 Å². The van der Waals surface area contributed by atoms with Gasteiger partial charge in [-0.25, -0.2) is 4.39 Å². The van der Waals surface area contributed by atoms with E-state index in [2.05, 4.69) is 29.9 Å². The summed E-state index contributed by atoms with van der Waals surface area (Å²) in [4.78, 5) is 8.41. The van der Waals surface area contributed by atoms with Crippen LogP contribution >= 0.6 is 11.8 Å². The lowest BCUT2D eigenvalue weighted by Crippen LogP contribution is -2.00. The summed E-state index contributed by atoms with van der Waals surface area (Å²) >= 11 is 1.49. The molecule has 0 bridgehead atoms. The van der Waals surface area contributed by atoms with E-state index in [-0.39, 0.29) is 11.7 Å². The molecule has 0 N–H and O–H groups in total. The van der Waals surface area contributed by atoms with Gasteiger partial charge in [-0.05, 0) is 44.0 Å². The van der Waals surface area contributed by atoms with Crippen LogP contribution in [0.4, 0.5) is 4.39 Å². The Hall–Kier alpha value is -3.07. The summed E-state index contributed by atoms with van der Waals surface area (Å²) in [6.45, 7) is 1.89. The van der Waals surface area contributed by atoms with E-state index in [1.807, 2.05) is 19.1 Å². The third-order valence-electron chi connectivity index (χ3n) is 4.67. The van der Waals surface area contributed by atoms with Crippen LogP contribution in [0, 0.1) is 12.7 Å². The molecule has 3 heterocycles. The molecule has 0 radical (unpaired) electrons. The maximum atomic E-state index is 14.1. The molecule has 1 aliphatic carbocycles. The molecule has 0 amide bonds. The normalized spacial score (nSPS) is 13.7. The Balaban J connectivity index is 1.37. The van der Waals surface area contributed by atoms with Crippen LogP contribution < -0.4 is 0 Å². The van der Waals surface area contributed by atoms with Crippen molar-refractivity contribution in [2.75, 3.05) is 0 Å². The second-order valence-electron chi connectivity index (χ2n) is 6.93. The smallest absolute Gasteiger partial charge is 0.260 e.